The van der Waals surface area contributed by atoms with Gasteiger partial charge in [-0.2, -0.15) is 0 Å². The molecule has 1 aliphatic heterocycles. The van der Waals surface area contributed by atoms with Gasteiger partial charge in [0.15, 0.2) is 5.82 Å². The van der Waals surface area contributed by atoms with E-state index in [1.54, 1.807) is 23.1 Å². The second-order valence-electron chi connectivity index (χ2n) is 4.04. The molecule has 0 unspecified atom stereocenters. The summed E-state index contributed by atoms with van der Waals surface area (Å²) in [7, 11) is 0. The van der Waals surface area contributed by atoms with Crippen molar-refractivity contribution < 1.29 is 14.3 Å². The second kappa shape index (κ2) is 5.14. The Balaban J connectivity index is 2.15. The average Bonchev–Trinajstić information content (AvgIpc) is 2.39. The molecule has 5 heteroatoms. The summed E-state index contributed by atoms with van der Waals surface area (Å²) in [5.41, 5.74) is 0.808. The number of carbonyl (C=O) groups is 1. The Morgan fingerprint density at radius 2 is 2.00 bits per heavy atom. The van der Waals surface area contributed by atoms with Crippen LogP contribution >= 0.6 is 0 Å². The zero-order chi connectivity index (χ0) is 12.3. The van der Waals surface area contributed by atoms with Gasteiger partial charge in [0.1, 0.15) is 0 Å². The fourth-order valence-corrected chi connectivity index (χ4v) is 2.00. The third-order valence-corrected chi connectivity index (χ3v) is 3.03. The molecule has 1 fully saturated rings. The van der Waals surface area contributed by atoms with Crippen LogP contribution in [0.2, 0.25) is 0 Å². The topological polar surface area (TPSA) is 43.8 Å². The molecule has 17 heavy (non-hydrogen) atoms. The molecule has 2 rings (SSSR count). The third-order valence-electron chi connectivity index (χ3n) is 3.03. The van der Waals surface area contributed by atoms with E-state index in [0.29, 0.717) is 37.4 Å². The van der Waals surface area contributed by atoms with Crippen molar-refractivity contribution in [3.8, 4) is 0 Å². The quantitative estimate of drug-likeness (QED) is 0.784. The summed E-state index contributed by atoms with van der Waals surface area (Å²) in [5.74, 6) is -0.366. The van der Waals surface area contributed by atoms with Gasteiger partial charge in [0, 0.05) is 31.7 Å². The van der Waals surface area contributed by atoms with E-state index in [2.05, 4.69) is 0 Å². The summed E-state index contributed by atoms with van der Waals surface area (Å²) in [4.78, 5) is 14.1. The molecule has 1 heterocycles. The molecule has 4 nitrogen and oxygen atoms in total. The lowest BCUT2D eigenvalue weighted by Crippen LogP contribution is -2.46. The number of piperazine rings is 1. The normalized spacial score (nSPS) is 16.1. The fourth-order valence-electron chi connectivity index (χ4n) is 2.00. The molecule has 0 radical (unpaired) electrons. The molecule has 1 aromatic rings. The molecule has 0 atom stereocenters. The molecule has 0 bridgehead atoms. The molecular weight excluding hydrogens is 223 g/mol. The first-order valence-electron chi connectivity index (χ1n) is 5.59. The van der Waals surface area contributed by atoms with E-state index < -0.39 is 0 Å². The highest BCUT2D eigenvalue weighted by Gasteiger charge is 2.19. The van der Waals surface area contributed by atoms with Crippen LogP contribution in [0.5, 0.6) is 0 Å². The lowest BCUT2D eigenvalue weighted by atomic mass is 10.1. The number of hydrogen-bond donors (Lipinski definition) is 1. The average molecular weight is 238 g/mol. The summed E-state index contributed by atoms with van der Waals surface area (Å²) in [5, 5.41) is 9.01. The van der Waals surface area contributed by atoms with E-state index in [0.717, 1.165) is 6.41 Å². The van der Waals surface area contributed by atoms with Crippen molar-refractivity contribution in [1.29, 1.82) is 0 Å². The van der Waals surface area contributed by atoms with Crippen molar-refractivity contribution in [1.82, 2.24) is 4.90 Å². The zero-order valence-electron chi connectivity index (χ0n) is 9.47. The lowest BCUT2D eigenvalue weighted by molar-refractivity contribution is -0.118. The Labute approximate surface area is 99.3 Å². The minimum absolute atomic E-state index is 0.298. The standard InChI is InChI=1S/C12H15FN2O2/c13-12-10(8-16)2-1-3-11(12)15-6-4-14(9-17)5-7-15/h1-3,9,16H,4-8H2. The van der Waals surface area contributed by atoms with Crippen molar-refractivity contribution >= 4 is 12.1 Å². The molecule has 1 saturated heterocycles. The lowest BCUT2D eigenvalue weighted by Gasteiger charge is -2.34. The molecule has 0 aromatic heterocycles. The Morgan fingerprint density at radius 1 is 1.29 bits per heavy atom. The monoisotopic (exact) mass is 238 g/mol. The van der Waals surface area contributed by atoms with Gasteiger partial charge in [-0.15, -0.1) is 0 Å². The highest BCUT2D eigenvalue weighted by Crippen LogP contribution is 2.23. The Kier molecular flexibility index (Phi) is 3.58. The van der Waals surface area contributed by atoms with Crippen LogP contribution in [0.25, 0.3) is 0 Å². The van der Waals surface area contributed by atoms with Crippen molar-refractivity contribution in [3.05, 3.63) is 29.6 Å². The number of rotatable bonds is 3. The molecule has 0 saturated carbocycles. The van der Waals surface area contributed by atoms with Crippen molar-refractivity contribution in [2.24, 2.45) is 0 Å². The van der Waals surface area contributed by atoms with Crippen molar-refractivity contribution in [2.75, 3.05) is 31.1 Å². The first-order chi connectivity index (χ1) is 8.26. The maximum absolute atomic E-state index is 14.0. The summed E-state index contributed by atoms with van der Waals surface area (Å²) in [6, 6.07) is 5.00. The fraction of sp³-hybridized carbons (Fsp3) is 0.417. The zero-order valence-corrected chi connectivity index (χ0v) is 9.47. The molecular formula is C12H15FN2O2. The van der Waals surface area contributed by atoms with Crippen LogP contribution in [0.4, 0.5) is 10.1 Å². The molecule has 0 aliphatic carbocycles. The number of carbonyl (C=O) groups excluding carboxylic acids is 1. The smallest absolute Gasteiger partial charge is 0.209 e. The van der Waals surface area contributed by atoms with Crippen LogP contribution in [-0.2, 0) is 11.4 Å². The van der Waals surface area contributed by atoms with E-state index in [1.165, 1.54) is 0 Å². The van der Waals surface area contributed by atoms with Crippen molar-refractivity contribution in [3.63, 3.8) is 0 Å². The van der Waals surface area contributed by atoms with Crippen LogP contribution in [0.3, 0.4) is 0 Å². The number of hydrogen-bond acceptors (Lipinski definition) is 3. The molecule has 1 N–H and O–H groups in total. The van der Waals surface area contributed by atoms with Gasteiger partial charge in [0.25, 0.3) is 0 Å². The van der Waals surface area contributed by atoms with Gasteiger partial charge in [0.2, 0.25) is 6.41 Å². The third kappa shape index (κ3) is 2.39. The first kappa shape index (κ1) is 11.9. The van der Waals surface area contributed by atoms with Gasteiger partial charge in [-0.1, -0.05) is 12.1 Å². The first-order valence-corrected chi connectivity index (χ1v) is 5.59. The van der Waals surface area contributed by atoms with Crippen LogP contribution in [0.15, 0.2) is 18.2 Å². The number of halogens is 1. The number of aliphatic hydroxyl groups excluding tert-OH is 1. The van der Waals surface area contributed by atoms with Crippen LogP contribution < -0.4 is 4.90 Å². The Bertz CT molecular complexity index is 403. The van der Waals surface area contributed by atoms with Gasteiger partial charge >= 0.3 is 0 Å². The van der Waals surface area contributed by atoms with Gasteiger partial charge < -0.3 is 14.9 Å². The molecule has 92 valence electrons. The summed E-state index contributed by atoms with van der Waals surface area (Å²) >= 11 is 0. The minimum Gasteiger partial charge on any atom is -0.392 e. The highest BCUT2D eigenvalue weighted by molar-refractivity contribution is 5.53. The summed E-state index contributed by atoms with van der Waals surface area (Å²) < 4.78 is 14.0. The number of anilines is 1. The Morgan fingerprint density at radius 3 is 2.59 bits per heavy atom. The molecule has 1 amide bonds. The minimum atomic E-state index is -0.366. The largest absolute Gasteiger partial charge is 0.392 e. The van der Waals surface area contributed by atoms with Crippen LogP contribution in [-0.4, -0.2) is 42.6 Å². The molecule has 1 aromatic carbocycles. The summed E-state index contributed by atoms with van der Waals surface area (Å²) in [6.45, 7) is 2.14. The predicted molar refractivity (Wildman–Crippen MR) is 62.2 cm³/mol. The van der Waals surface area contributed by atoms with Gasteiger partial charge in [0.05, 0.1) is 12.3 Å². The molecule has 0 spiro atoms. The van der Waals surface area contributed by atoms with Gasteiger partial charge in [-0.3, -0.25) is 4.79 Å². The van der Waals surface area contributed by atoms with Crippen LogP contribution in [0.1, 0.15) is 5.56 Å². The number of nitrogens with zero attached hydrogens (tertiary/aromatic N) is 2. The number of benzene rings is 1. The maximum Gasteiger partial charge on any atom is 0.209 e. The SMILES string of the molecule is O=CN1CCN(c2cccc(CO)c2F)CC1. The molecule has 1 aliphatic rings. The second-order valence-corrected chi connectivity index (χ2v) is 4.04. The predicted octanol–water partition coefficient (Wildman–Crippen LogP) is 0.596. The van der Waals surface area contributed by atoms with E-state index in [1.807, 2.05) is 4.90 Å². The number of aliphatic hydroxyl groups is 1. The highest BCUT2D eigenvalue weighted by atomic mass is 19.1. The Hall–Kier alpha value is -1.62. The maximum atomic E-state index is 14.0. The van der Waals surface area contributed by atoms with Gasteiger partial charge in [-0.05, 0) is 6.07 Å². The van der Waals surface area contributed by atoms with E-state index in [-0.39, 0.29) is 12.4 Å². The number of amides is 1. The van der Waals surface area contributed by atoms with E-state index in [9.17, 15) is 9.18 Å². The van der Waals surface area contributed by atoms with E-state index in [4.69, 9.17) is 5.11 Å². The van der Waals surface area contributed by atoms with Gasteiger partial charge in [-0.25, -0.2) is 4.39 Å². The van der Waals surface area contributed by atoms with Crippen LogP contribution in [0, 0.1) is 5.82 Å². The summed E-state index contributed by atoms with van der Waals surface area (Å²) in [6.07, 6.45) is 0.817. The van der Waals surface area contributed by atoms with Crippen molar-refractivity contribution in [2.45, 2.75) is 6.61 Å². The van der Waals surface area contributed by atoms with E-state index >= 15 is 0 Å².